The van der Waals surface area contributed by atoms with Gasteiger partial charge in [-0.25, -0.2) is 4.79 Å². The fourth-order valence-corrected chi connectivity index (χ4v) is 4.35. The Balaban J connectivity index is 1.27. The Hall–Kier alpha value is -5.30. The number of carbonyl (C=O) groups excluding carboxylic acids is 2. The quantitative estimate of drug-likeness (QED) is 0.0775. The van der Waals surface area contributed by atoms with E-state index in [4.69, 9.17) is 23.4 Å². The first kappa shape index (κ1) is 27.3. The maximum Gasteiger partial charge on any atom is 0.347 e. The second-order valence-corrected chi connectivity index (χ2v) is 9.19. The van der Waals surface area contributed by atoms with Crippen LogP contribution >= 0.6 is 0 Å². The number of hydrogen-bond acceptors (Lipinski definition) is 7. The van der Waals surface area contributed by atoms with E-state index in [9.17, 15) is 9.59 Å². The molecule has 5 rings (SSSR count). The smallest absolute Gasteiger partial charge is 0.347 e. The van der Waals surface area contributed by atoms with Crippen molar-refractivity contribution in [3.05, 3.63) is 125 Å². The first-order valence-corrected chi connectivity index (χ1v) is 12.9. The molecule has 0 atom stereocenters. The van der Waals surface area contributed by atoms with E-state index >= 15 is 0 Å². The molecule has 7 heteroatoms. The largest absolute Gasteiger partial charge is 0.497 e. The number of methoxy groups -OCH3 is 2. The average Bonchev–Trinajstić information content (AvgIpc) is 3.34. The monoisotopic (exact) mass is 548 g/mol. The Morgan fingerprint density at radius 3 is 2.27 bits per heavy atom. The molecule has 0 radical (unpaired) electrons. The zero-order valence-electron chi connectivity index (χ0n) is 22.9. The van der Waals surface area contributed by atoms with Gasteiger partial charge in [0.2, 0.25) is 0 Å². The Kier molecular flexibility index (Phi) is 8.15. The molecule has 7 nitrogen and oxygen atoms in total. The summed E-state index contributed by atoms with van der Waals surface area (Å²) in [6, 6.07) is 27.1. The van der Waals surface area contributed by atoms with Crippen LogP contribution in [0.4, 0.5) is 0 Å². The number of ether oxygens (including phenoxy) is 4. The molecule has 0 aliphatic heterocycles. The second kappa shape index (κ2) is 12.3. The van der Waals surface area contributed by atoms with Crippen molar-refractivity contribution in [2.45, 2.75) is 13.5 Å². The highest BCUT2D eigenvalue weighted by Gasteiger charge is 2.21. The molecule has 0 aliphatic carbocycles. The van der Waals surface area contributed by atoms with Crippen molar-refractivity contribution < 1.29 is 33.0 Å². The third-order valence-corrected chi connectivity index (χ3v) is 6.48. The van der Waals surface area contributed by atoms with Crippen LogP contribution in [0.5, 0.6) is 23.0 Å². The van der Waals surface area contributed by atoms with Gasteiger partial charge < -0.3 is 23.4 Å². The van der Waals surface area contributed by atoms with Crippen molar-refractivity contribution in [1.82, 2.24) is 0 Å². The van der Waals surface area contributed by atoms with Crippen LogP contribution in [0.2, 0.25) is 0 Å². The summed E-state index contributed by atoms with van der Waals surface area (Å²) in [6.07, 6.45) is 3.14. The van der Waals surface area contributed by atoms with Crippen LogP contribution in [0, 0.1) is 6.92 Å². The van der Waals surface area contributed by atoms with Gasteiger partial charge in [0.1, 0.15) is 46.5 Å². The Labute approximate surface area is 237 Å². The lowest BCUT2D eigenvalue weighted by atomic mass is 10.1. The van der Waals surface area contributed by atoms with Crippen molar-refractivity contribution in [3.63, 3.8) is 0 Å². The van der Waals surface area contributed by atoms with Gasteiger partial charge >= 0.3 is 5.97 Å². The summed E-state index contributed by atoms with van der Waals surface area (Å²) in [5, 5.41) is 0.616. The van der Waals surface area contributed by atoms with E-state index in [1.807, 2.05) is 36.4 Å². The Morgan fingerprint density at radius 1 is 0.805 bits per heavy atom. The Morgan fingerprint density at radius 2 is 1.54 bits per heavy atom. The number of benzene rings is 4. The predicted molar refractivity (Wildman–Crippen MR) is 156 cm³/mol. The van der Waals surface area contributed by atoms with E-state index in [1.165, 1.54) is 13.2 Å². The summed E-state index contributed by atoms with van der Waals surface area (Å²) in [6.45, 7) is 2.13. The number of hydrogen-bond donors (Lipinski definition) is 0. The molecule has 1 aromatic heterocycles. The first-order chi connectivity index (χ1) is 19.9. The molecular weight excluding hydrogens is 520 g/mol. The van der Waals surface area contributed by atoms with Gasteiger partial charge in [-0.2, -0.15) is 0 Å². The highest BCUT2D eigenvalue weighted by atomic mass is 16.5. The van der Waals surface area contributed by atoms with E-state index < -0.39 is 5.97 Å². The number of furan rings is 1. The van der Waals surface area contributed by atoms with Gasteiger partial charge in [-0.05, 0) is 66.6 Å². The molecule has 0 saturated carbocycles. The van der Waals surface area contributed by atoms with E-state index in [1.54, 1.807) is 74.7 Å². The fraction of sp³-hybridized carbons (Fsp3) is 0.118. The van der Waals surface area contributed by atoms with Gasteiger partial charge in [0, 0.05) is 11.5 Å². The molecule has 0 amide bonds. The minimum Gasteiger partial charge on any atom is -0.497 e. The Bertz CT molecular complexity index is 1710. The molecular formula is C34H28O7. The highest BCUT2D eigenvalue weighted by molar-refractivity contribution is 6.09. The van der Waals surface area contributed by atoms with Gasteiger partial charge in [0.25, 0.3) is 0 Å². The van der Waals surface area contributed by atoms with Crippen molar-refractivity contribution in [3.8, 4) is 23.0 Å². The zero-order valence-corrected chi connectivity index (χ0v) is 22.9. The van der Waals surface area contributed by atoms with Crippen LogP contribution in [0.3, 0.4) is 0 Å². The van der Waals surface area contributed by atoms with Crippen LogP contribution in [0.25, 0.3) is 17.0 Å². The number of allylic oxidation sites excluding steroid dienone is 1. The van der Waals surface area contributed by atoms with Gasteiger partial charge in [-0.1, -0.05) is 48.5 Å². The topological polar surface area (TPSA) is 84.2 Å². The normalized spacial score (nSPS) is 11.0. The molecule has 0 bridgehead atoms. The van der Waals surface area contributed by atoms with Crippen LogP contribution in [-0.2, 0) is 6.61 Å². The molecule has 0 unspecified atom stereocenters. The minimum atomic E-state index is -0.536. The molecule has 5 aromatic rings. The van der Waals surface area contributed by atoms with Crippen LogP contribution in [0.15, 0.2) is 101 Å². The van der Waals surface area contributed by atoms with Crippen LogP contribution in [0.1, 0.15) is 37.6 Å². The van der Waals surface area contributed by atoms with Crippen molar-refractivity contribution in [1.29, 1.82) is 0 Å². The fourth-order valence-electron chi connectivity index (χ4n) is 4.35. The third kappa shape index (κ3) is 6.31. The molecule has 0 N–H and O–H groups in total. The number of rotatable bonds is 10. The molecule has 0 saturated heterocycles. The molecule has 1 heterocycles. The zero-order chi connectivity index (χ0) is 28.8. The minimum absolute atomic E-state index is 0.213. The predicted octanol–water partition coefficient (Wildman–Crippen LogP) is 7.45. The second-order valence-electron chi connectivity index (χ2n) is 9.19. The summed E-state index contributed by atoms with van der Waals surface area (Å²) in [4.78, 5) is 25.9. The van der Waals surface area contributed by atoms with Crippen LogP contribution < -0.4 is 18.9 Å². The standard InChI is InChI=1S/C34H28O7/c1-22-33(29-19-27(15-18-31(29)40-22)39-21-24-7-5-4-6-8-24)34(36)41-25-12-9-23(10-13-25)11-17-30(35)28-16-14-26(37-2)20-32(28)38-3/h4-20H,21H2,1-3H3. The lowest BCUT2D eigenvalue weighted by molar-refractivity contribution is 0.0734. The maximum atomic E-state index is 13.2. The van der Waals surface area contributed by atoms with E-state index in [0.717, 1.165) is 11.1 Å². The first-order valence-electron chi connectivity index (χ1n) is 12.9. The average molecular weight is 549 g/mol. The van der Waals surface area contributed by atoms with Crippen molar-refractivity contribution in [2.75, 3.05) is 14.2 Å². The number of aryl methyl sites for hydroxylation is 1. The number of esters is 1. The van der Waals surface area contributed by atoms with Crippen LogP contribution in [-0.4, -0.2) is 26.0 Å². The summed E-state index contributed by atoms with van der Waals surface area (Å²) >= 11 is 0. The summed E-state index contributed by atoms with van der Waals surface area (Å²) < 4.78 is 27.9. The van der Waals surface area contributed by atoms with Gasteiger partial charge in [-0.3, -0.25) is 4.79 Å². The maximum absolute atomic E-state index is 13.2. The molecule has 0 aliphatic rings. The molecule has 0 fully saturated rings. The molecule has 206 valence electrons. The number of fused-ring (bicyclic) bond motifs is 1. The highest BCUT2D eigenvalue weighted by Crippen LogP contribution is 2.31. The lowest BCUT2D eigenvalue weighted by Crippen LogP contribution is -2.09. The van der Waals surface area contributed by atoms with Gasteiger partial charge in [0.05, 0.1) is 19.8 Å². The van der Waals surface area contributed by atoms with Crippen molar-refractivity contribution in [2.24, 2.45) is 0 Å². The summed E-state index contributed by atoms with van der Waals surface area (Å²) in [5.74, 6) is 1.72. The third-order valence-electron chi connectivity index (χ3n) is 6.48. The van der Waals surface area contributed by atoms with E-state index in [2.05, 4.69) is 0 Å². The molecule has 4 aromatic carbocycles. The summed E-state index contributed by atoms with van der Waals surface area (Å²) in [7, 11) is 3.05. The van der Waals surface area contributed by atoms with E-state index in [-0.39, 0.29) is 5.78 Å². The number of ketones is 1. The van der Waals surface area contributed by atoms with E-state index in [0.29, 0.717) is 57.5 Å². The lowest BCUT2D eigenvalue weighted by Gasteiger charge is -2.08. The SMILES string of the molecule is COc1ccc(C(=O)C=Cc2ccc(OC(=O)c3c(C)oc4ccc(OCc5ccccc5)cc34)cc2)c(OC)c1. The summed E-state index contributed by atoms with van der Waals surface area (Å²) in [5.41, 5.74) is 3.13. The van der Waals surface area contributed by atoms with Gasteiger partial charge in [0.15, 0.2) is 5.78 Å². The number of carbonyl (C=O) groups is 2. The molecule has 0 spiro atoms. The molecule has 41 heavy (non-hydrogen) atoms. The van der Waals surface area contributed by atoms with Gasteiger partial charge in [-0.15, -0.1) is 0 Å². The van der Waals surface area contributed by atoms with Crippen molar-refractivity contribution >= 4 is 28.8 Å².